The number of nitro groups is 1. The Kier molecular flexibility index (Phi) is 4.40. The van der Waals surface area contributed by atoms with Crippen LogP contribution in [-0.4, -0.2) is 33.6 Å². The number of hydrogen-bond donors (Lipinski definition) is 1. The van der Waals surface area contributed by atoms with Gasteiger partial charge in [-0.25, -0.2) is 9.78 Å². The quantitative estimate of drug-likeness (QED) is 0.676. The minimum Gasteiger partial charge on any atom is -0.480 e. The van der Waals surface area contributed by atoms with Crippen molar-refractivity contribution in [2.45, 2.75) is 39.2 Å². The van der Waals surface area contributed by atoms with E-state index in [-0.39, 0.29) is 11.5 Å². The molecule has 1 aromatic heterocycles. The zero-order valence-electron chi connectivity index (χ0n) is 12.2. The van der Waals surface area contributed by atoms with Crippen LogP contribution in [0.2, 0.25) is 0 Å². The van der Waals surface area contributed by atoms with Crippen molar-refractivity contribution in [2.75, 3.05) is 11.4 Å². The van der Waals surface area contributed by atoms with E-state index in [2.05, 4.69) is 4.98 Å². The molecule has 1 aliphatic heterocycles. The average Bonchev–Trinajstić information content (AvgIpc) is 2.46. The Morgan fingerprint density at radius 3 is 2.90 bits per heavy atom. The van der Waals surface area contributed by atoms with E-state index >= 15 is 0 Å². The third kappa shape index (κ3) is 3.12. The average molecular weight is 293 g/mol. The van der Waals surface area contributed by atoms with Crippen molar-refractivity contribution in [1.82, 2.24) is 4.98 Å². The van der Waals surface area contributed by atoms with Crippen molar-refractivity contribution in [3.63, 3.8) is 0 Å². The highest BCUT2D eigenvalue weighted by Gasteiger charge is 2.36. The molecule has 2 atom stereocenters. The first-order valence-electron chi connectivity index (χ1n) is 7.04. The second-order valence-electron chi connectivity index (χ2n) is 5.46. The van der Waals surface area contributed by atoms with Crippen LogP contribution in [0.5, 0.6) is 0 Å². The van der Waals surface area contributed by atoms with Gasteiger partial charge in [-0.05, 0) is 31.2 Å². The Hall–Kier alpha value is -2.18. The number of carboxylic acids is 1. The smallest absolute Gasteiger partial charge is 0.326 e. The van der Waals surface area contributed by atoms with E-state index in [1.54, 1.807) is 11.8 Å². The Morgan fingerprint density at radius 1 is 1.62 bits per heavy atom. The summed E-state index contributed by atoms with van der Waals surface area (Å²) in [5.74, 6) is -0.454. The maximum atomic E-state index is 11.5. The summed E-state index contributed by atoms with van der Waals surface area (Å²) in [7, 11) is 0. The SMILES string of the molecule is CCC1CCN(c2ncc(C)cc2[N+](=O)[O-])C(C(=O)O)C1. The van der Waals surface area contributed by atoms with E-state index in [1.165, 1.54) is 12.3 Å². The lowest BCUT2D eigenvalue weighted by molar-refractivity contribution is -0.384. The highest BCUT2D eigenvalue weighted by molar-refractivity contribution is 5.79. The maximum Gasteiger partial charge on any atom is 0.326 e. The second kappa shape index (κ2) is 6.07. The number of aromatic nitrogens is 1. The topological polar surface area (TPSA) is 96.6 Å². The number of hydrogen-bond acceptors (Lipinski definition) is 5. The van der Waals surface area contributed by atoms with E-state index in [0.29, 0.717) is 24.4 Å². The molecule has 2 rings (SSSR count). The van der Waals surface area contributed by atoms with Crippen molar-refractivity contribution < 1.29 is 14.8 Å². The van der Waals surface area contributed by atoms with Crippen molar-refractivity contribution in [3.05, 3.63) is 27.9 Å². The van der Waals surface area contributed by atoms with Gasteiger partial charge in [0.15, 0.2) is 0 Å². The van der Waals surface area contributed by atoms with E-state index in [1.807, 2.05) is 6.92 Å². The molecule has 0 saturated carbocycles. The molecular weight excluding hydrogens is 274 g/mol. The molecule has 21 heavy (non-hydrogen) atoms. The van der Waals surface area contributed by atoms with Gasteiger partial charge >= 0.3 is 11.7 Å². The first kappa shape index (κ1) is 15.2. The molecule has 2 heterocycles. The summed E-state index contributed by atoms with van der Waals surface area (Å²) in [6, 6.07) is 0.685. The largest absolute Gasteiger partial charge is 0.480 e. The molecule has 7 nitrogen and oxygen atoms in total. The van der Waals surface area contributed by atoms with Crippen LogP contribution in [0.15, 0.2) is 12.3 Å². The molecule has 2 unspecified atom stereocenters. The van der Waals surface area contributed by atoms with Crippen LogP contribution >= 0.6 is 0 Å². The van der Waals surface area contributed by atoms with Crippen LogP contribution < -0.4 is 4.90 Å². The van der Waals surface area contributed by atoms with Crippen molar-refractivity contribution >= 4 is 17.5 Å². The highest BCUT2D eigenvalue weighted by atomic mass is 16.6. The number of carboxylic acid groups (broad SMARTS) is 1. The van der Waals surface area contributed by atoms with E-state index in [9.17, 15) is 20.0 Å². The highest BCUT2D eigenvalue weighted by Crippen LogP contribution is 2.34. The van der Waals surface area contributed by atoms with Crippen LogP contribution in [0.1, 0.15) is 31.7 Å². The van der Waals surface area contributed by atoms with Gasteiger partial charge in [-0.3, -0.25) is 10.1 Å². The fraction of sp³-hybridized carbons (Fsp3) is 0.571. The molecule has 7 heteroatoms. The number of piperidine rings is 1. The lowest BCUT2D eigenvalue weighted by Gasteiger charge is -2.37. The van der Waals surface area contributed by atoms with E-state index < -0.39 is 16.9 Å². The molecule has 1 N–H and O–H groups in total. The molecule has 0 aromatic carbocycles. The zero-order chi connectivity index (χ0) is 15.6. The van der Waals surface area contributed by atoms with Gasteiger partial charge in [-0.2, -0.15) is 0 Å². The summed E-state index contributed by atoms with van der Waals surface area (Å²) in [4.78, 5) is 27.9. The van der Waals surface area contributed by atoms with Gasteiger partial charge in [0.2, 0.25) is 5.82 Å². The van der Waals surface area contributed by atoms with E-state index in [4.69, 9.17) is 0 Å². The van der Waals surface area contributed by atoms with Gasteiger partial charge in [0.1, 0.15) is 6.04 Å². The van der Waals surface area contributed by atoms with Crippen molar-refractivity contribution in [1.29, 1.82) is 0 Å². The number of carbonyl (C=O) groups is 1. The number of nitrogens with zero attached hydrogens (tertiary/aromatic N) is 3. The fourth-order valence-electron chi connectivity index (χ4n) is 2.80. The molecule has 0 bridgehead atoms. The molecule has 1 fully saturated rings. The van der Waals surface area contributed by atoms with Crippen LogP contribution in [0.4, 0.5) is 11.5 Å². The molecule has 1 aromatic rings. The Morgan fingerprint density at radius 2 is 2.33 bits per heavy atom. The fourth-order valence-corrected chi connectivity index (χ4v) is 2.80. The predicted octanol–water partition coefficient (Wildman–Crippen LogP) is 2.38. The number of pyridine rings is 1. The lowest BCUT2D eigenvalue weighted by Crippen LogP contribution is -2.48. The van der Waals surface area contributed by atoms with Gasteiger partial charge in [0, 0.05) is 18.8 Å². The number of aryl methyl sites for hydroxylation is 1. The number of aliphatic carboxylic acids is 1. The Bertz CT molecular complexity index is 561. The van der Waals surface area contributed by atoms with Crippen molar-refractivity contribution in [3.8, 4) is 0 Å². The summed E-state index contributed by atoms with van der Waals surface area (Å²) in [6.45, 7) is 4.24. The monoisotopic (exact) mass is 293 g/mol. The summed E-state index contributed by atoms with van der Waals surface area (Å²) < 4.78 is 0. The molecule has 1 aliphatic rings. The normalized spacial score (nSPS) is 22.1. The minimum absolute atomic E-state index is 0.129. The summed E-state index contributed by atoms with van der Waals surface area (Å²) in [5, 5.41) is 20.6. The van der Waals surface area contributed by atoms with Crippen LogP contribution in [0.3, 0.4) is 0 Å². The molecule has 1 saturated heterocycles. The van der Waals surface area contributed by atoms with Crippen molar-refractivity contribution in [2.24, 2.45) is 5.92 Å². The van der Waals surface area contributed by atoms with Gasteiger partial charge in [0.25, 0.3) is 0 Å². The standard InChI is InChI=1S/C14H19N3O4/c1-3-10-4-5-16(12(7-10)14(18)19)13-11(17(20)21)6-9(2)8-15-13/h6,8,10,12H,3-5,7H2,1-2H3,(H,18,19). The second-order valence-corrected chi connectivity index (χ2v) is 5.46. The third-order valence-electron chi connectivity index (χ3n) is 4.03. The van der Waals surface area contributed by atoms with Gasteiger partial charge < -0.3 is 10.0 Å². The van der Waals surface area contributed by atoms with Gasteiger partial charge in [0.05, 0.1) is 4.92 Å². The molecule has 0 amide bonds. The van der Waals surface area contributed by atoms with E-state index in [0.717, 1.165) is 12.8 Å². The van der Waals surface area contributed by atoms with Crippen LogP contribution in [0.25, 0.3) is 0 Å². The first-order chi connectivity index (χ1) is 9.93. The molecular formula is C14H19N3O4. The summed E-state index contributed by atoms with van der Waals surface area (Å²) in [6.07, 6.45) is 3.78. The summed E-state index contributed by atoms with van der Waals surface area (Å²) >= 11 is 0. The lowest BCUT2D eigenvalue weighted by atomic mass is 9.89. The molecule has 0 spiro atoms. The molecule has 114 valence electrons. The Balaban J connectivity index is 2.40. The number of anilines is 1. The predicted molar refractivity (Wildman–Crippen MR) is 77.4 cm³/mol. The minimum atomic E-state index is -0.954. The number of rotatable bonds is 4. The molecule has 0 aliphatic carbocycles. The molecule has 0 radical (unpaired) electrons. The Labute approximate surface area is 122 Å². The van der Waals surface area contributed by atoms with Gasteiger partial charge in [-0.1, -0.05) is 13.3 Å². The van der Waals surface area contributed by atoms with Crippen LogP contribution in [-0.2, 0) is 4.79 Å². The first-order valence-corrected chi connectivity index (χ1v) is 7.04. The summed E-state index contributed by atoms with van der Waals surface area (Å²) in [5.41, 5.74) is 0.553. The van der Waals surface area contributed by atoms with Crippen LogP contribution in [0, 0.1) is 23.0 Å². The maximum absolute atomic E-state index is 11.5. The zero-order valence-corrected chi connectivity index (χ0v) is 12.2. The van der Waals surface area contributed by atoms with Gasteiger partial charge in [-0.15, -0.1) is 0 Å². The third-order valence-corrected chi connectivity index (χ3v) is 4.03.